The highest BCUT2D eigenvalue weighted by Gasteiger charge is 2.29. The van der Waals surface area contributed by atoms with Gasteiger partial charge in [-0.2, -0.15) is 0 Å². The molecule has 1 atom stereocenters. The third kappa shape index (κ3) is 4.03. The van der Waals surface area contributed by atoms with E-state index < -0.39 is 11.6 Å². The van der Waals surface area contributed by atoms with Gasteiger partial charge in [-0.25, -0.2) is 9.78 Å². The van der Waals surface area contributed by atoms with Gasteiger partial charge in [-0.15, -0.1) is 0 Å². The average molecular weight is 354 g/mol. The molecule has 0 fully saturated rings. The van der Waals surface area contributed by atoms with E-state index in [1.165, 1.54) is 13.8 Å². The first-order chi connectivity index (χ1) is 12.3. The Hall–Kier alpha value is -2.86. The van der Waals surface area contributed by atoms with E-state index in [9.17, 15) is 4.79 Å². The first-order valence-corrected chi connectivity index (χ1v) is 8.45. The summed E-state index contributed by atoms with van der Waals surface area (Å²) in [5.74, 6) is 0.156. The van der Waals surface area contributed by atoms with Crippen LogP contribution in [0.1, 0.15) is 38.3 Å². The van der Waals surface area contributed by atoms with E-state index in [-0.39, 0.29) is 6.04 Å². The minimum Gasteiger partial charge on any atom is -0.478 e. The average Bonchev–Trinajstić information content (AvgIpc) is 3.03. The smallest absolute Gasteiger partial charge is 0.347 e. The fourth-order valence-corrected chi connectivity index (χ4v) is 2.52. The molecule has 0 spiro atoms. The Kier molecular flexibility index (Phi) is 4.95. The van der Waals surface area contributed by atoms with Crippen LogP contribution in [0.3, 0.4) is 0 Å². The van der Waals surface area contributed by atoms with Crippen molar-refractivity contribution in [3.8, 4) is 5.75 Å². The molecule has 0 aliphatic heterocycles. The predicted octanol–water partition coefficient (Wildman–Crippen LogP) is 3.92. The van der Waals surface area contributed by atoms with E-state index >= 15 is 0 Å². The molecule has 0 aliphatic carbocycles. The SMILES string of the molecule is CC(NCc1nc2ccccc2o1)c1ccc(OC(C)(C)C(=O)O)cc1. The van der Waals surface area contributed by atoms with Crippen LogP contribution in [0.25, 0.3) is 11.1 Å². The monoisotopic (exact) mass is 354 g/mol. The van der Waals surface area contributed by atoms with Crippen LogP contribution in [0.2, 0.25) is 0 Å². The minimum atomic E-state index is -1.27. The summed E-state index contributed by atoms with van der Waals surface area (Å²) in [7, 11) is 0. The zero-order valence-electron chi connectivity index (χ0n) is 15.0. The first-order valence-electron chi connectivity index (χ1n) is 8.45. The summed E-state index contributed by atoms with van der Waals surface area (Å²) in [6.07, 6.45) is 0. The van der Waals surface area contributed by atoms with Gasteiger partial charge in [0, 0.05) is 6.04 Å². The Morgan fingerprint density at radius 1 is 1.23 bits per heavy atom. The maximum absolute atomic E-state index is 11.1. The summed E-state index contributed by atoms with van der Waals surface area (Å²) in [5.41, 5.74) is 1.42. The van der Waals surface area contributed by atoms with E-state index in [4.69, 9.17) is 14.3 Å². The third-order valence-corrected chi connectivity index (χ3v) is 4.17. The van der Waals surface area contributed by atoms with Gasteiger partial charge in [0.25, 0.3) is 0 Å². The lowest BCUT2D eigenvalue weighted by Gasteiger charge is -2.22. The van der Waals surface area contributed by atoms with Crippen molar-refractivity contribution in [2.24, 2.45) is 0 Å². The summed E-state index contributed by atoms with van der Waals surface area (Å²) in [6, 6.07) is 15.1. The molecule has 136 valence electrons. The lowest BCUT2D eigenvalue weighted by Crippen LogP contribution is -2.37. The van der Waals surface area contributed by atoms with Gasteiger partial charge in [-0.05, 0) is 50.6 Å². The van der Waals surface area contributed by atoms with Crippen LogP contribution in [-0.4, -0.2) is 21.7 Å². The molecule has 2 aromatic carbocycles. The van der Waals surface area contributed by atoms with Crippen LogP contribution in [0.5, 0.6) is 5.75 Å². The number of para-hydroxylation sites is 2. The van der Waals surface area contributed by atoms with Crippen molar-refractivity contribution in [2.45, 2.75) is 39.0 Å². The van der Waals surface area contributed by atoms with E-state index in [0.29, 0.717) is 18.2 Å². The van der Waals surface area contributed by atoms with Gasteiger partial charge < -0.3 is 19.6 Å². The molecule has 0 bridgehead atoms. The molecule has 3 aromatic rings. The summed E-state index contributed by atoms with van der Waals surface area (Å²) in [6.45, 7) is 5.60. The molecular weight excluding hydrogens is 332 g/mol. The summed E-state index contributed by atoms with van der Waals surface area (Å²) >= 11 is 0. The highest BCUT2D eigenvalue weighted by Crippen LogP contribution is 2.22. The zero-order valence-corrected chi connectivity index (χ0v) is 15.0. The van der Waals surface area contributed by atoms with Gasteiger partial charge in [-0.3, -0.25) is 0 Å². The van der Waals surface area contributed by atoms with Crippen LogP contribution >= 0.6 is 0 Å². The number of aromatic nitrogens is 1. The van der Waals surface area contributed by atoms with Crippen molar-refractivity contribution in [1.82, 2.24) is 10.3 Å². The molecule has 0 amide bonds. The zero-order chi connectivity index (χ0) is 18.7. The number of ether oxygens (including phenoxy) is 1. The number of hydrogen-bond donors (Lipinski definition) is 2. The van der Waals surface area contributed by atoms with Crippen molar-refractivity contribution < 1.29 is 19.1 Å². The molecule has 0 radical (unpaired) electrons. The topological polar surface area (TPSA) is 84.6 Å². The number of aliphatic carboxylic acids is 1. The van der Waals surface area contributed by atoms with Crippen LogP contribution in [0.4, 0.5) is 0 Å². The molecule has 0 aliphatic rings. The molecule has 26 heavy (non-hydrogen) atoms. The van der Waals surface area contributed by atoms with Crippen molar-refractivity contribution in [2.75, 3.05) is 0 Å². The first kappa shape index (κ1) is 17.9. The number of oxazole rings is 1. The van der Waals surface area contributed by atoms with Gasteiger partial charge in [0.2, 0.25) is 5.89 Å². The maximum atomic E-state index is 11.1. The molecule has 0 saturated heterocycles. The second-order valence-electron chi connectivity index (χ2n) is 6.66. The summed E-state index contributed by atoms with van der Waals surface area (Å²) < 4.78 is 11.2. The van der Waals surface area contributed by atoms with Crippen molar-refractivity contribution in [1.29, 1.82) is 0 Å². The van der Waals surface area contributed by atoms with Gasteiger partial charge >= 0.3 is 5.97 Å². The van der Waals surface area contributed by atoms with Crippen LogP contribution in [0, 0.1) is 0 Å². The molecule has 1 aromatic heterocycles. The van der Waals surface area contributed by atoms with E-state index in [1.807, 2.05) is 43.3 Å². The Morgan fingerprint density at radius 2 is 1.92 bits per heavy atom. The number of rotatable bonds is 7. The lowest BCUT2D eigenvalue weighted by atomic mass is 10.1. The van der Waals surface area contributed by atoms with Crippen molar-refractivity contribution in [3.63, 3.8) is 0 Å². The van der Waals surface area contributed by atoms with Crippen molar-refractivity contribution in [3.05, 3.63) is 60.0 Å². The molecular formula is C20H22N2O4. The molecule has 0 saturated carbocycles. The van der Waals surface area contributed by atoms with Crippen LogP contribution in [-0.2, 0) is 11.3 Å². The summed E-state index contributed by atoms with van der Waals surface area (Å²) in [5, 5.41) is 12.5. The van der Waals surface area contributed by atoms with Crippen molar-refractivity contribution >= 4 is 17.1 Å². The molecule has 3 rings (SSSR count). The second kappa shape index (κ2) is 7.17. The Labute approximate surface area is 151 Å². The van der Waals surface area contributed by atoms with Gasteiger partial charge in [-0.1, -0.05) is 24.3 Å². The number of nitrogens with zero attached hydrogens (tertiary/aromatic N) is 1. The van der Waals surface area contributed by atoms with Gasteiger partial charge in [0.05, 0.1) is 6.54 Å². The number of benzene rings is 2. The van der Waals surface area contributed by atoms with E-state index in [1.54, 1.807) is 12.1 Å². The molecule has 6 heteroatoms. The maximum Gasteiger partial charge on any atom is 0.347 e. The summed E-state index contributed by atoms with van der Waals surface area (Å²) in [4.78, 5) is 15.6. The number of fused-ring (bicyclic) bond motifs is 1. The third-order valence-electron chi connectivity index (χ3n) is 4.17. The van der Waals surface area contributed by atoms with E-state index in [0.717, 1.165) is 16.7 Å². The molecule has 1 heterocycles. The molecule has 1 unspecified atom stereocenters. The van der Waals surface area contributed by atoms with Crippen LogP contribution < -0.4 is 10.1 Å². The Balaban J connectivity index is 1.61. The minimum absolute atomic E-state index is 0.0755. The highest BCUT2D eigenvalue weighted by molar-refractivity contribution is 5.76. The van der Waals surface area contributed by atoms with Gasteiger partial charge in [0.1, 0.15) is 11.3 Å². The largest absolute Gasteiger partial charge is 0.478 e. The number of hydrogen-bond acceptors (Lipinski definition) is 5. The lowest BCUT2D eigenvalue weighted by molar-refractivity contribution is -0.152. The fraction of sp³-hybridized carbons (Fsp3) is 0.300. The van der Waals surface area contributed by atoms with E-state index in [2.05, 4.69) is 10.3 Å². The Morgan fingerprint density at radius 3 is 2.58 bits per heavy atom. The number of carboxylic acid groups (broad SMARTS) is 1. The normalized spacial score (nSPS) is 12.9. The number of carboxylic acids is 1. The second-order valence-corrected chi connectivity index (χ2v) is 6.66. The number of nitrogens with one attached hydrogen (secondary N) is 1. The molecule has 6 nitrogen and oxygen atoms in total. The predicted molar refractivity (Wildman–Crippen MR) is 98.0 cm³/mol. The Bertz CT molecular complexity index is 867. The van der Waals surface area contributed by atoms with Crippen LogP contribution in [0.15, 0.2) is 52.9 Å². The highest BCUT2D eigenvalue weighted by atomic mass is 16.5. The fourth-order valence-electron chi connectivity index (χ4n) is 2.52. The standard InChI is InChI=1S/C20H22N2O4/c1-13(21-12-18-22-16-6-4-5-7-17(16)25-18)14-8-10-15(11-9-14)26-20(2,3)19(23)24/h4-11,13,21H,12H2,1-3H3,(H,23,24). The molecule has 2 N–H and O–H groups in total. The quantitative estimate of drug-likeness (QED) is 0.669. The van der Waals surface area contributed by atoms with Gasteiger partial charge in [0.15, 0.2) is 11.2 Å². The number of carbonyl (C=O) groups is 1.